The fourth-order valence-electron chi connectivity index (χ4n) is 1.40. The van der Waals surface area contributed by atoms with Gasteiger partial charge in [-0.15, -0.1) is 0 Å². The van der Waals surface area contributed by atoms with Crippen molar-refractivity contribution >= 4 is 11.7 Å². The minimum atomic E-state index is -0.529. The quantitative estimate of drug-likeness (QED) is 0.696. The first kappa shape index (κ1) is 9.98. The van der Waals surface area contributed by atoms with Crippen molar-refractivity contribution in [1.29, 1.82) is 0 Å². The summed E-state index contributed by atoms with van der Waals surface area (Å²) in [6.45, 7) is 0.890. The molecule has 0 heterocycles. The molecular formula is C11H15N3O. The molecule has 0 aromatic heterocycles. The third-order valence-electron chi connectivity index (χ3n) is 2.39. The van der Waals surface area contributed by atoms with Crippen LogP contribution in [0.5, 0.6) is 0 Å². The highest BCUT2D eigenvalue weighted by Crippen LogP contribution is 2.19. The van der Waals surface area contributed by atoms with Crippen molar-refractivity contribution < 1.29 is 4.79 Å². The van der Waals surface area contributed by atoms with Gasteiger partial charge in [-0.05, 0) is 30.5 Å². The van der Waals surface area contributed by atoms with Gasteiger partial charge < -0.3 is 16.4 Å². The molecule has 0 spiro atoms. The van der Waals surface area contributed by atoms with E-state index in [-0.39, 0.29) is 0 Å². The van der Waals surface area contributed by atoms with Crippen molar-refractivity contribution in [3.8, 4) is 0 Å². The van der Waals surface area contributed by atoms with Gasteiger partial charge >= 0.3 is 6.03 Å². The van der Waals surface area contributed by atoms with Crippen molar-refractivity contribution in [2.75, 3.05) is 5.32 Å². The van der Waals surface area contributed by atoms with Gasteiger partial charge in [0.1, 0.15) is 0 Å². The first-order chi connectivity index (χ1) is 7.24. The SMILES string of the molecule is NC(=O)Nc1ccc(CNC2CC2)cc1. The summed E-state index contributed by atoms with van der Waals surface area (Å²) in [5, 5.41) is 5.95. The number of anilines is 1. The molecule has 4 N–H and O–H groups in total. The first-order valence-corrected chi connectivity index (χ1v) is 5.13. The number of hydrogen-bond donors (Lipinski definition) is 3. The normalized spacial score (nSPS) is 14.9. The molecule has 1 aliphatic rings. The predicted octanol–water partition coefficient (Wildman–Crippen LogP) is 1.43. The molecule has 2 amide bonds. The van der Waals surface area contributed by atoms with Gasteiger partial charge in [-0.25, -0.2) is 4.79 Å². The van der Waals surface area contributed by atoms with Gasteiger partial charge in [-0.1, -0.05) is 12.1 Å². The van der Waals surface area contributed by atoms with E-state index >= 15 is 0 Å². The lowest BCUT2D eigenvalue weighted by Gasteiger charge is -2.05. The van der Waals surface area contributed by atoms with Gasteiger partial charge in [-0.2, -0.15) is 0 Å². The number of primary amides is 1. The lowest BCUT2D eigenvalue weighted by atomic mass is 10.2. The number of benzene rings is 1. The van der Waals surface area contributed by atoms with Crippen molar-refractivity contribution in [3.05, 3.63) is 29.8 Å². The van der Waals surface area contributed by atoms with Gasteiger partial charge in [0.25, 0.3) is 0 Å². The van der Waals surface area contributed by atoms with Crippen LogP contribution in [-0.2, 0) is 6.54 Å². The Morgan fingerprint density at radius 1 is 1.33 bits per heavy atom. The molecule has 0 atom stereocenters. The van der Waals surface area contributed by atoms with Crippen LogP contribution in [0.25, 0.3) is 0 Å². The van der Waals surface area contributed by atoms with Crippen molar-refractivity contribution in [2.24, 2.45) is 5.73 Å². The van der Waals surface area contributed by atoms with E-state index in [1.807, 2.05) is 24.3 Å². The molecule has 1 aromatic rings. The maximum Gasteiger partial charge on any atom is 0.316 e. The molecule has 0 unspecified atom stereocenters. The number of rotatable bonds is 4. The van der Waals surface area contributed by atoms with Crippen LogP contribution < -0.4 is 16.4 Å². The number of amides is 2. The molecule has 0 radical (unpaired) electrons. The molecule has 1 fully saturated rings. The molecule has 0 saturated heterocycles. The van der Waals surface area contributed by atoms with E-state index in [2.05, 4.69) is 10.6 Å². The van der Waals surface area contributed by atoms with E-state index in [1.165, 1.54) is 18.4 Å². The number of carbonyl (C=O) groups excluding carboxylic acids is 1. The molecule has 80 valence electrons. The molecule has 15 heavy (non-hydrogen) atoms. The lowest BCUT2D eigenvalue weighted by molar-refractivity contribution is 0.259. The summed E-state index contributed by atoms with van der Waals surface area (Å²) in [5.41, 5.74) is 6.96. The van der Waals surface area contributed by atoms with Gasteiger partial charge in [0.2, 0.25) is 0 Å². The van der Waals surface area contributed by atoms with E-state index in [1.54, 1.807) is 0 Å². The minimum Gasteiger partial charge on any atom is -0.351 e. The molecule has 1 saturated carbocycles. The summed E-state index contributed by atoms with van der Waals surface area (Å²) in [5.74, 6) is 0. The molecular weight excluding hydrogens is 190 g/mol. The zero-order valence-electron chi connectivity index (χ0n) is 8.49. The highest BCUT2D eigenvalue weighted by Gasteiger charge is 2.19. The average molecular weight is 205 g/mol. The Balaban J connectivity index is 1.87. The minimum absolute atomic E-state index is 0.529. The van der Waals surface area contributed by atoms with Gasteiger partial charge in [-0.3, -0.25) is 0 Å². The van der Waals surface area contributed by atoms with Crippen LogP contribution in [0.3, 0.4) is 0 Å². The second kappa shape index (κ2) is 4.31. The lowest BCUT2D eigenvalue weighted by Crippen LogP contribution is -2.19. The molecule has 0 bridgehead atoms. The van der Waals surface area contributed by atoms with Crippen LogP contribution in [0.1, 0.15) is 18.4 Å². The Labute approximate surface area is 88.9 Å². The topological polar surface area (TPSA) is 67.2 Å². The smallest absolute Gasteiger partial charge is 0.316 e. The Kier molecular flexibility index (Phi) is 2.87. The maximum absolute atomic E-state index is 10.6. The number of nitrogens with two attached hydrogens (primary N) is 1. The van der Waals surface area contributed by atoms with Crippen LogP contribution in [0.4, 0.5) is 10.5 Å². The van der Waals surface area contributed by atoms with Gasteiger partial charge in [0.05, 0.1) is 0 Å². The summed E-state index contributed by atoms with van der Waals surface area (Å²) in [4.78, 5) is 10.6. The number of urea groups is 1. The third-order valence-corrected chi connectivity index (χ3v) is 2.39. The van der Waals surface area contributed by atoms with Crippen LogP contribution >= 0.6 is 0 Å². The maximum atomic E-state index is 10.6. The first-order valence-electron chi connectivity index (χ1n) is 5.13. The molecule has 2 rings (SSSR count). The summed E-state index contributed by atoms with van der Waals surface area (Å²) < 4.78 is 0. The number of hydrogen-bond acceptors (Lipinski definition) is 2. The van der Waals surface area contributed by atoms with Crippen LogP contribution in [0.15, 0.2) is 24.3 Å². The molecule has 4 heteroatoms. The third kappa shape index (κ3) is 3.25. The number of nitrogens with one attached hydrogen (secondary N) is 2. The van der Waals surface area contributed by atoms with E-state index in [0.29, 0.717) is 6.04 Å². The van der Waals surface area contributed by atoms with Crippen molar-refractivity contribution in [2.45, 2.75) is 25.4 Å². The summed E-state index contributed by atoms with van der Waals surface area (Å²) in [6, 6.07) is 7.87. The van der Waals surface area contributed by atoms with E-state index < -0.39 is 6.03 Å². The molecule has 1 aromatic carbocycles. The second-order valence-electron chi connectivity index (χ2n) is 3.84. The highest BCUT2D eigenvalue weighted by atomic mass is 16.2. The molecule has 1 aliphatic carbocycles. The van der Waals surface area contributed by atoms with Crippen molar-refractivity contribution in [1.82, 2.24) is 5.32 Å². The predicted molar refractivity (Wildman–Crippen MR) is 59.5 cm³/mol. The largest absolute Gasteiger partial charge is 0.351 e. The Morgan fingerprint density at radius 2 is 2.00 bits per heavy atom. The van der Waals surface area contributed by atoms with Crippen LogP contribution in [0.2, 0.25) is 0 Å². The zero-order valence-corrected chi connectivity index (χ0v) is 8.49. The highest BCUT2D eigenvalue weighted by molar-refractivity contribution is 5.87. The number of carbonyl (C=O) groups is 1. The zero-order chi connectivity index (χ0) is 10.7. The summed E-state index contributed by atoms with van der Waals surface area (Å²) >= 11 is 0. The summed E-state index contributed by atoms with van der Waals surface area (Å²) in [6.07, 6.45) is 2.59. The monoisotopic (exact) mass is 205 g/mol. The van der Waals surface area contributed by atoms with Gasteiger partial charge in [0, 0.05) is 18.3 Å². The fourth-order valence-corrected chi connectivity index (χ4v) is 1.40. The second-order valence-corrected chi connectivity index (χ2v) is 3.84. The van der Waals surface area contributed by atoms with Crippen LogP contribution in [-0.4, -0.2) is 12.1 Å². The van der Waals surface area contributed by atoms with E-state index in [4.69, 9.17) is 5.73 Å². The molecule has 0 aliphatic heterocycles. The summed E-state index contributed by atoms with van der Waals surface area (Å²) in [7, 11) is 0. The average Bonchev–Trinajstić information content (AvgIpc) is 2.99. The van der Waals surface area contributed by atoms with Crippen molar-refractivity contribution in [3.63, 3.8) is 0 Å². The van der Waals surface area contributed by atoms with E-state index in [9.17, 15) is 4.79 Å². The Bertz CT molecular complexity index is 343. The Morgan fingerprint density at radius 3 is 2.53 bits per heavy atom. The Hall–Kier alpha value is -1.55. The van der Waals surface area contributed by atoms with E-state index in [0.717, 1.165) is 12.2 Å². The fraction of sp³-hybridized carbons (Fsp3) is 0.364. The van der Waals surface area contributed by atoms with Gasteiger partial charge in [0.15, 0.2) is 0 Å². The standard InChI is InChI=1S/C11H15N3O/c12-11(15)14-10-3-1-8(2-4-10)7-13-9-5-6-9/h1-4,9,13H,5-7H2,(H3,12,14,15). The van der Waals surface area contributed by atoms with Crippen LogP contribution in [0, 0.1) is 0 Å². The molecule has 4 nitrogen and oxygen atoms in total.